The molecule has 0 saturated carbocycles. The van der Waals surface area contributed by atoms with E-state index < -0.39 is 10.2 Å². The van der Waals surface area contributed by atoms with Crippen molar-refractivity contribution in [1.82, 2.24) is 19.3 Å². The van der Waals surface area contributed by atoms with E-state index in [2.05, 4.69) is 15.0 Å². The van der Waals surface area contributed by atoms with Crippen LogP contribution in [-0.2, 0) is 16.8 Å². The summed E-state index contributed by atoms with van der Waals surface area (Å²) in [4.78, 5) is 4.18. The average Bonchev–Trinajstić information content (AvgIpc) is 2.47. The molecule has 2 heterocycles. The molecule has 1 aromatic heterocycles. The van der Waals surface area contributed by atoms with Gasteiger partial charge in [-0.3, -0.25) is 4.98 Å². The van der Waals surface area contributed by atoms with E-state index in [-0.39, 0.29) is 12.6 Å². The summed E-state index contributed by atoms with van der Waals surface area (Å²) in [6.45, 7) is 3.46. The van der Waals surface area contributed by atoms with E-state index in [1.165, 1.54) is 0 Å². The quantitative estimate of drug-likeness (QED) is 0.815. The second-order valence-electron chi connectivity index (χ2n) is 5.45. The summed E-state index contributed by atoms with van der Waals surface area (Å²) in [5.41, 5.74) is 1.79. The first-order valence-electron chi connectivity index (χ1n) is 7.35. The zero-order valence-electron chi connectivity index (χ0n) is 12.7. The Bertz CT molecular complexity index is 543. The van der Waals surface area contributed by atoms with Crippen molar-refractivity contribution in [2.24, 2.45) is 0 Å². The van der Waals surface area contributed by atoms with Gasteiger partial charge in [0.15, 0.2) is 0 Å². The van der Waals surface area contributed by atoms with Crippen LogP contribution in [0, 0.1) is 6.92 Å². The van der Waals surface area contributed by atoms with E-state index in [1.54, 1.807) is 10.5 Å². The number of hydrogen-bond acceptors (Lipinski definition) is 4. The zero-order chi connectivity index (χ0) is 15.3. The van der Waals surface area contributed by atoms with Crippen LogP contribution in [0.1, 0.15) is 30.5 Å². The predicted octanol–water partition coefficient (Wildman–Crippen LogP) is 0.798. The van der Waals surface area contributed by atoms with Gasteiger partial charge in [0.25, 0.3) is 10.2 Å². The fourth-order valence-corrected chi connectivity index (χ4v) is 4.05. The Morgan fingerprint density at radius 3 is 2.86 bits per heavy atom. The third-order valence-electron chi connectivity index (χ3n) is 3.75. The average molecular weight is 312 g/mol. The first kappa shape index (κ1) is 16.4. The maximum Gasteiger partial charge on any atom is 0.280 e. The highest BCUT2D eigenvalue weighted by Gasteiger charge is 2.31. The number of nitrogens with one attached hydrogen (secondary N) is 2. The Morgan fingerprint density at radius 2 is 2.19 bits per heavy atom. The largest absolute Gasteiger partial charge is 0.318 e. The Labute approximate surface area is 127 Å². The van der Waals surface area contributed by atoms with Crippen LogP contribution < -0.4 is 10.0 Å². The molecule has 118 valence electrons. The summed E-state index contributed by atoms with van der Waals surface area (Å²) < 4.78 is 29.2. The van der Waals surface area contributed by atoms with Crippen LogP contribution in [0.4, 0.5) is 0 Å². The third kappa shape index (κ3) is 4.47. The lowest BCUT2D eigenvalue weighted by atomic mass is 10.1. The van der Waals surface area contributed by atoms with Gasteiger partial charge in [0.1, 0.15) is 0 Å². The lowest BCUT2D eigenvalue weighted by molar-refractivity contribution is 0.246. The SMILES string of the molecule is CNCC1CCCCN1S(=O)(=O)NCc1ccc(C)nc1. The second kappa shape index (κ2) is 7.31. The number of piperidine rings is 1. The molecule has 0 spiro atoms. The predicted molar refractivity (Wildman–Crippen MR) is 83.0 cm³/mol. The molecular formula is C14H24N4O2S. The molecule has 0 aromatic carbocycles. The minimum atomic E-state index is -3.45. The highest BCUT2D eigenvalue weighted by Crippen LogP contribution is 2.19. The first-order valence-corrected chi connectivity index (χ1v) is 8.79. The second-order valence-corrected chi connectivity index (χ2v) is 7.16. The number of rotatable bonds is 6. The molecule has 2 rings (SSSR count). The smallest absolute Gasteiger partial charge is 0.280 e. The maximum absolute atomic E-state index is 12.5. The maximum atomic E-state index is 12.5. The Morgan fingerprint density at radius 1 is 1.38 bits per heavy atom. The molecule has 1 saturated heterocycles. The standard InChI is InChI=1S/C14H24N4O2S/c1-12-6-7-13(9-16-12)10-17-21(19,20)18-8-4-3-5-14(18)11-15-2/h6-7,9,14-15,17H,3-5,8,10-11H2,1-2H3. The molecule has 1 unspecified atom stereocenters. The molecule has 0 bridgehead atoms. The highest BCUT2D eigenvalue weighted by atomic mass is 32.2. The van der Waals surface area contributed by atoms with Gasteiger partial charge in [0.2, 0.25) is 0 Å². The fraction of sp³-hybridized carbons (Fsp3) is 0.643. The van der Waals surface area contributed by atoms with Crippen molar-refractivity contribution >= 4 is 10.2 Å². The fourth-order valence-electron chi connectivity index (χ4n) is 2.59. The minimum Gasteiger partial charge on any atom is -0.318 e. The molecule has 1 aromatic rings. The van der Waals surface area contributed by atoms with Crippen molar-refractivity contribution in [2.75, 3.05) is 20.1 Å². The molecule has 1 aliphatic heterocycles. The molecule has 21 heavy (non-hydrogen) atoms. The third-order valence-corrected chi connectivity index (χ3v) is 5.36. The van der Waals surface area contributed by atoms with Gasteiger partial charge in [-0.05, 0) is 38.4 Å². The van der Waals surface area contributed by atoms with Crippen molar-refractivity contribution < 1.29 is 8.42 Å². The number of likely N-dealkylation sites (N-methyl/N-ethyl adjacent to an activating group) is 1. The summed E-state index contributed by atoms with van der Waals surface area (Å²) in [7, 11) is -1.60. The summed E-state index contributed by atoms with van der Waals surface area (Å²) in [6, 6.07) is 3.82. The Kier molecular flexibility index (Phi) is 5.69. The summed E-state index contributed by atoms with van der Waals surface area (Å²) in [6.07, 6.45) is 4.63. The summed E-state index contributed by atoms with van der Waals surface area (Å²) >= 11 is 0. The van der Waals surface area contributed by atoms with Crippen LogP contribution in [0.3, 0.4) is 0 Å². The van der Waals surface area contributed by atoms with Crippen LogP contribution in [-0.4, -0.2) is 43.9 Å². The van der Waals surface area contributed by atoms with E-state index in [4.69, 9.17) is 0 Å². The Hall–Kier alpha value is -1.02. The topological polar surface area (TPSA) is 74.3 Å². The molecule has 6 nitrogen and oxygen atoms in total. The number of aryl methyl sites for hydroxylation is 1. The molecular weight excluding hydrogens is 288 g/mol. The number of pyridine rings is 1. The van der Waals surface area contributed by atoms with Gasteiger partial charge in [-0.1, -0.05) is 12.5 Å². The van der Waals surface area contributed by atoms with Gasteiger partial charge >= 0.3 is 0 Å². The normalized spacial score (nSPS) is 20.6. The van der Waals surface area contributed by atoms with Crippen molar-refractivity contribution in [3.63, 3.8) is 0 Å². The van der Waals surface area contributed by atoms with Gasteiger partial charge in [-0.15, -0.1) is 0 Å². The van der Waals surface area contributed by atoms with Crippen LogP contribution in [0.5, 0.6) is 0 Å². The van der Waals surface area contributed by atoms with E-state index >= 15 is 0 Å². The van der Waals surface area contributed by atoms with Crippen LogP contribution in [0.25, 0.3) is 0 Å². The molecule has 0 aliphatic carbocycles. The highest BCUT2D eigenvalue weighted by molar-refractivity contribution is 7.87. The number of aromatic nitrogens is 1. The van der Waals surface area contributed by atoms with E-state index in [1.807, 2.05) is 26.1 Å². The van der Waals surface area contributed by atoms with Gasteiger partial charge in [-0.2, -0.15) is 17.4 Å². The lowest BCUT2D eigenvalue weighted by Crippen LogP contribution is -2.51. The summed E-state index contributed by atoms with van der Waals surface area (Å²) in [5.74, 6) is 0. The first-order chi connectivity index (χ1) is 10.0. The van der Waals surface area contributed by atoms with Crippen LogP contribution >= 0.6 is 0 Å². The molecule has 1 aliphatic rings. The van der Waals surface area contributed by atoms with Gasteiger partial charge in [0, 0.05) is 37.6 Å². The molecule has 0 amide bonds. The molecule has 7 heteroatoms. The minimum absolute atomic E-state index is 0.0393. The monoisotopic (exact) mass is 312 g/mol. The number of hydrogen-bond donors (Lipinski definition) is 2. The van der Waals surface area contributed by atoms with Crippen molar-refractivity contribution in [1.29, 1.82) is 0 Å². The van der Waals surface area contributed by atoms with E-state index in [0.29, 0.717) is 13.1 Å². The lowest BCUT2D eigenvalue weighted by Gasteiger charge is -2.34. The number of nitrogens with zero attached hydrogens (tertiary/aromatic N) is 2. The molecule has 2 N–H and O–H groups in total. The van der Waals surface area contributed by atoms with Crippen LogP contribution in [0.2, 0.25) is 0 Å². The molecule has 0 radical (unpaired) electrons. The van der Waals surface area contributed by atoms with Gasteiger partial charge in [0.05, 0.1) is 0 Å². The summed E-state index contributed by atoms with van der Waals surface area (Å²) in [5, 5.41) is 3.08. The molecule has 1 fully saturated rings. The van der Waals surface area contributed by atoms with Crippen molar-refractivity contribution in [2.45, 2.75) is 38.8 Å². The van der Waals surface area contributed by atoms with E-state index in [9.17, 15) is 8.42 Å². The zero-order valence-corrected chi connectivity index (χ0v) is 13.5. The van der Waals surface area contributed by atoms with E-state index in [0.717, 1.165) is 30.5 Å². The van der Waals surface area contributed by atoms with Crippen molar-refractivity contribution in [3.8, 4) is 0 Å². The van der Waals surface area contributed by atoms with Gasteiger partial charge < -0.3 is 5.32 Å². The van der Waals surface area contributed by atoms with Crippen molar-refractivity contribution in [3.05, 3.63) is 29.6 Å². The molecule has 1 atom stereocenters. The van der Waals surface area contributed by atoms with Crippen LogP contribution in [0.15, 0.2) is 18.3 Å². The van der Waals surface area contributed by atoms with Gasteiger partial charge in [-0.25, -0.2) is 0 Å². The Balaban J connectivity index is 2.00.